The second-order valence-corrected chi connectivity index (χ2v) is 4.85. The summed E-state index contributed by atoms with van der Waals surface area (Å²) in [5.41, 5.74) is 0. The number of aliphatic hydroxyl groups excluding tert-OH is 1. The van der Waals surface area contributed by atoms with Gasteiger partial charge in [-0.05, 0) is 25.5 Å². The fourth-order valence-electron chi connectivity index (χ4n) is 2.20. The van der Waals surface area contributed by atoms with Gasteiger partial charge in [0.2, 0.25) is 0 Å². The number of hydrogen-bond donors (Lipinski definition) is 1. The second kappa shape index (κ2) is 6.02. The van der Waals surface area contributed by atoms with Crippen LogP contribution in [0.4, 0.5) is 4.39 Å². The largest absolute Gasteiger partial charge is 0.481 e. The molecule has 1 N–H and O–H groups in total. The molecule has 0 saturated carbocycles. The molecule has 1 amide bonds. The third-order valence-electron chi connectivity index (χ3n) is 3.45. The van der Waals surface area contributed by atoms with Crippen molar-refractivity contribution < 1.29 is 19.0 Å². The van der Waals surface area contributed by atoms with Gasteiger partial charge in [-0.3, -0.25) is 4.79 Å². The predicted molar refractivity (Wildman–Crippen MR) is 68.3 cm³/mol. The van der Waals surface area contributed by atoms with Crippen LogP contribution in [0.5, 0.6) is 5.75 Å². The van der Waals surface area contributed by atoms with Gasteiger partial charge in [0.25, 0.3) is 5.91 Å². The fourth-order valence-corrected chi connectivity index (χ4v) is 2.20. The summed E-state index contributed by atoms with van der Waals surface area (Å²) in [6.07, 6.45) is 0.383. The number of para-hydroxylation sites is 1. The molecule has 0 aromatic heterocycles. The average Bonchev–Trinajstić information content (AvgIpc) is 2.87. The summed E-state index contributed by atoms with van der Waals surface area (Å²) in [7, 11) is 0. The highest BCUT2D eigenvalue weighted by atomic mass is 19.1. The summed E-state index contributed by atoms with van der Waals surface area (Å²) in [6.45, 7) is 2.72. The van der Waals surface area contributed by atoms with Gasteiger partial charge in [0.1, 0.15) is 0 Å². The fraction of sp³-hybridized carbons (Fsp3) is 0.500. The number of rotatable bonds is 4. The van der Waals surface area contributed by atoms with Crippen molar-refractivity contribution in [3.05, 3.63) is 30.1 Å². The van der Waals surface area contributed by atoms with Gasteiger partial charge in [0, 0.05) is 19.0 Å². The molecule has 2 unspecified atom stereocenters. The van der Waals surface area contributed by atoms with Gasteiger partial charge in [-0.2, -0.15) is 0 Å². The van der Waals surface area contributed by atoms with Crippen molar-refractivity contribution in [1.82, 2.24) is 4.90 Å². The summed E-state index contributed by atoms with van der Waals surface area (Å²) in [6, 6.07) is 6.00. The lowest BCUT2D eigenvalue weighted by Crippen LogP contribution is -2.34. The molecule has 1 aliphatic heterocycles. The molecule has 0 aliphatic carbocycles. The summed E-state index contributed by atoms with van der Waals surface area (Å²) >= 11 is 0. The number of carbonyl (C=O) groups is 1. The average molecular weight is 267 g/mol. The maximum Gasteiger partial charge on any atom is 0.260 e. The van der Waals surface area contributed by atoms with Gasteiger partial charge >= 0.3 is 0 Å². The third-order valence-corrected chi connectivity index (χ3v) is 3.45. The van der Waals surface area contributed by atoms with Gasteiger partial charge in [-0.25, -0.2) is 4.39 Å². The van der Waals surface area contributed by atoms with E-state index in [9.17, 15) is 14.3 Å². The first-order valence-electron chi connectivity index (χ1n) is 6.41. The first kappa shape index (κ1) is 13.8. The molecule has 1 aromatic carbocycles. The number of halogens is 1. The van der Waals surface area contributed by atoms with Crippen molar-refractivity contribution in [3.8, 4) is 5.75 Å². The quantitative estimate of drug-likeness (QED) is 0.898. The van der Waals surface area contributed by atoms with E-state index in [1.54, 1.807) is 24.0 Å². The molecule has 2 atom stereocenters. The highest BCUT2D eigenvalue weighted by Gasteiger charge is 2.29. The van der Waals surface area contributed by atoms with Crippen LogP contribution in [0, 0.1) is 11.7 Å². The molecule has 1 saturated heterocycles. The van der Waals surface area contributed by atoms with Gasteiger partial charge in [0.05, 0.1) is 6.10 Å². The first-order chi connectivity index (χ1) is 9.08. The normalized spacial score (nSPS) is 20.4. The summed E-state index contributed by atoms with van der Waals surface area (Å²) in [5, 5.41) is 9.48. The second-order valence-electron chi connectivity index (χ2n) is 4.85. The van der Waals surface area contributed by atoms with Crippen molar-refractivity contribution in [2.24, 2.45) is 5.92 Å². The highest BCUT2D eigenvalue weighted by molar-refractivity contribution is 5.78. The summed E-state index contributed by atoms with van der Waals surface area (Å²) in [4.78, 5) is 13.5. The topological polar surface area (TPSA) is 49.8 Å². The van der Waals surface area contributed by atoms with Crippen LogP contribution in [-0.4, -0.2) is 41.7 Å². The van der Waals surface area contributed by atoms with Crippen LogP contribution in [0.3, 0.4) is 0 Å². The molecule has 19 heavy (non-hydrogen) atoms. The predicted octanol–water partition coefficient (Wildman–Crippen LogP) is 1.43. The molecule has 1 fully saturated rings. The number of amides is 1. The van der Waals surface area contributed by atoms with E-state index in [-0.39, 0.29) is 24.2 Å². The Kier molecular flexibility index (Phi) is 4.37. The molecule has 0 radical (unpaired) electrons. The Hall–Kier alpha value is -1.62. The number of carbonyl (C=O) groups excluding carboxylic acids is 1. The number of benzene rings is 1. The first-order valence-corrected chi connectivity index (χ1v) is 6.41. The zero-order valence-electron chi connectivity index (χ0n) is 10.9. The summed E-state index contributed by atoms with van der Waals surface area (Å²) in [5.74, 6) is -0.440. The third kappa shape index (κ3) is 3.44. The van der Waals surface area contributed by atoms with E-state index in [4.69, 9.17) is 4.74 Å². The molecule has 0 bridgehead atoms. The van der Waals surface area contributed by atoms with E-state index in [2.05, 4.69) is 0 Å². The van der Waals surface area contributed by atoms with Crippen LogP contribution >= 0.6 is 0 Å². The maximum absolute atomic E-state index is 13.3. The monoisotopic (exact) mass is 267 g/mol. The van der Waals surface area contributed by atoms with Crippen LogP contribution in [0.2, 0.25) is 0 Å². The van der Waals surface area contributed by atoms with Crippen molar-refractivity contribution in [3.63, 3.8) is 0 Å². The highest BCUT2D eigenvalue weighted by Crippen LogP contribution is 2.20. The Bertz CT molecular complexity index is 450. The van der Waals surface area contributed by atoms with Crippen molar-refractivity contribution >= 4 is 5.91 Å². The zero-order valence-corrected chi connectivity index (χ0v) is 10.9. The van der Waals surface area contributed by atoms with Crippen molar-refractivity contribution in [1.29, 1.82) is 0 Å². The Morgan fingerprint density at radius 1 is 1.58 bits per heavy atom. The van der Waals surface area contributed by atoms with Crippen LogP contribution in [0.15, 0.2) is 24.3 Å². The van der Waals surface area contributed by atoms with E-state index in [1.165, 1.54) is 12.1 Å². The molecule has 4 nitrogen and oxygen atoms in total. The molecule has 2 rings (SSSR count). The van der Waals surface area contributed by atoms with Crippen LogP contribution in [0.25, 0.3) is 0 Å². The Labute approximate surface area is 111 Å². The van der Waals surface area contributed by atoms with Gasteiger partial charge in [0.15, 0.2) is 18.2 Å². The number of ether oxygens (including phenoxy) is 1. The lowest BCUT2D eigenvalue weighted by atomic mass is 10.0. The molecule has 1 aromatic rings. The van der Waals surface area contributed by atoms with E-state index in [0.717, 1.165) is 6.42 Å². The lowest BCUT2D eigenvalue weighted by molar-refractivity contribution is -0.132. The van der Waals surface area contributed by atoms with E-state index in [0.29, 0.717) is 13.1 Å². The van der Waals surface area contributed by atoms with E-state index >= 15 is 0 Å². The number of hydrogen-bond acceptors (Lipinski definition) is 3. The minimum absolute atomic E-state index is 0.0853. The van der Waals surface area contributed by atoms with Crippen LogP contribution in [-0.2, 0) is 4.79 Å². The van der Waals surface area contributed by atoms with E-state index < -0.39 is 11.9 Å². The summed E-state index contributed by atoms with van der Waals surface area (Å²) < 4.78 is 18.5. The smallest absolute Gasteiger partial charge is 0.260 e. The molecular formula is C14H18FNO3. The minimum Gasteiger partial charge on any atom is -0.481 e. The van der Waals surface area contributed by atoms with Gasteiger partial charge in [-0.15, -0.1) is 0 Å². The zero-order chi connectivity index (χ0) is 13.8. The Balaban J connectivity index is 1.84. The van der Waals surface area contributed by atoms with Gasteiger partial charge in [-0.1, -0.05) is 12.1 Å². The van der Waals surface area contributed by atoms with Crippen molar-refractivity contribution in [2.75, 3.05) is 19.7 Å². The number of aliphatic hydroxyl groups is 1. The lowest BCUT2D eigenvalue weighted by Gasteiger charge is -2.18. The molecule has 1 heterocycles. The minimum atomic E-state index is -0.474. The van der Waals surface area contributed by atoms with Crippen molar-refractivity contribution in [2.45, 2.75) is 19.4 Å². The van der Waals surface area contributed by atoms with Crippen LogP contribution in [0.1, 0.15) is 13.3 Å². The van der Waals surface area contributed by atoms with Gasteiger partial charge < -0.3 is 14.7 Å². The van der Waals surface area contributed by atoms with Crippen LogP contribution < -0.4 is 4.74 Å². The molecular weight excluding hydrogens is 249 g/mol. The molecule has 104 valence electrons. The molecule has 5 heteroatoms. The Morgan fingerprint density at radius 2 is 2.32 bits per heavy atom. The maximum atomic E-state index is 13.3. The SMILES string of the molecule is CC(O)C1CCN(C(=O)COc2ccccc2F)C1. The number of likely N-dealkylation sites (tertiary alicyclic amines) is 1. The molecule has 0 spiro atoms. The standard InChI is InChI=1S/C14H18FNO3/c1-10(17)11-6-7-16(8-11)14(18)9-19-13-5-3-2-4-12(13)15/h2-5,10-11,17H,6-9H2,1H3. The molecule has 1 aliphatic rings. The van der Waals surface area contributed by atoms with E-state index in [1.807, 2.05) is 0 Å². The Morgan fingerprint density at radius 3 is 2.95 bits per heavy atom. The number of nitrogens with zero attached hydrogens (tertiary/aromatic N) is 1.